The topological polar surface area (TPSA) is 0 Å². The van der Waals surface area contributed by atoms with Gasteiger partial charge in [-0.3, -0.25) is 0 Å². The van der Waals surface area contributed by atoms with Gasteiger partial charge in [0.25, 0.3) is 0 Å². The molecule has 0 aromatic carbocycles. The lowest BCUT2D eigenvalue weighted by atomic mass is 9.66. The highest BCUT2D eigenvalue weighted by Gasteiger charge is 2.32. The number of allylic oxidation sites excluding steroid dienone is 4. The van der Waals surface area contributed by atoms with Crippen molar-refractivity contribution in [1.29, 1.82) is 0 Å². The molecule has 15 heavy (non-hydrogen) atoms. The molecule has 0 radical (unpaired) electrons. The summed E-state index contributed by atoms with van der Waals surface area (Å²) in [6.07, 6.45) is 7.96. The van der Waals surface area contributed by atoms with Gasteiger partial charge in [-0.1, -0.05) is 31.1 Å². The summed E-state index contributed by atoms with van der Waals surface area (Å²) in [6, 6.07) is 0. The maximum atomic E-state index is 2.48. The Hall–Kier alpha value is -0.520. The molecule has 0 N–H and O–H groups in total. The molecule has 0 aromatic rings. The van der Waals surface area contributed by atoms with Crippen molar-refractivity contribution in [3.63, 3.8) is 0 Å². The van der Waals surface area contributed by atoms with Gasteiger partial charge in [0.15, 0.2) is 0 Å². The van der Waals surface area contributed by atoms with E-state index in [1.54, 1.807) is 16.7 Å². The number of rotatable bonds is 1. The number of hydrogen-bond acceptors (Lipinski definition) is 0. The highest BCUT2D eigenvalue weighted by Crippen LogP contribution is 2.44. The van der Waals surface area contributed by atoms with Crippen LogP contribution in [0.3, 0.4) is 0 Å². The van der Waals surface area contributed by atoms with Crippen LogP contribution in [-0.2, 0) is 0 Å². The summed E-state index contributed by atoms with van der Waals surface area (Å²) in [6.45, 7) is 9.42. The van der Waals surface area contributed by atoms with Crippen molar-refractivity contribution < 1.29 is 0 Å². The Morgan fingerprint density at radius 3 is 2.53 bits per heavy atom. The second-order valence-corrected chi connectivity index (χ2v) is 5.82. The average molecular weight is 204 g/mol. The van der Waals surface area contributed by atoms with E-state index in [1.807, 2.05) is 0 Å². The summed E-state index contributed by atoms with van der Waals surface area (Å²) in [4.78, 5) is 0. The van der Waals surface area contributed by atoms with Gasteiger partial charge in [0.2, 0.25) is 0 Å². The summed E-state index contributed by atoms with van der Waals surface area (Å²) in [7, 11) is 0. The zero-order valence-electron chi connectivity index (χ0n) is 10.6. The van der Waals surface area contributed by atoms with E-state index in [-0.39, 0.29) is 0 Å². The van der Waals surface area contributed by atoms with E-state index in [2.05, 4.69) is 33.8 Å². The number of fused-ring (bicyclic) bond motifs is 1. The monoisotopic (exact) mass is 204 g/mol. The molecule has 0 aromatic heterocycles. The van der Waals surface area contributed by atoms with Gasteiger partial charge in [-0.2, -0.15) is 0 Å². The molecule has 0 bridgehead atoms. The van der Waals surface area contributed by atoms with Gasteiger partial charge in [-0.15, -0.1) is 0 Å². The second kappa shape index (κ2) is 4.15. The Morgan fingerprint density at radius 2 is 1.87 bits per heavy atom. The lowest BCUT2D eigenvalue weighted by molar-refractivity contribution is 0.239. The zero-order valence-corrected chi connectivity index (χ0v) is 10.6. The van der Waals surface area contributed by atoms with Gasteiger partial charge in [-0.25, -0.2) is 0 Å². The molecule has 0 heterocycles. The van der Waals surface area contributed by atoms with Crippen LogP contribution in [0.25, 0.3) is 0 Å². The molecule has 2 aliphatic carbocycles. The molecule has 2 rings (SSSR count). The van der Waals surface area contributed by atoms with Crippen LogP contribution in [0.5, 0.6) is 0 Å². The Morgan fingerprint density at radius 1 is 1.13 bits per heavy atom. The first-order valence-corrected chi connectivity index (χ1v) is 6.46. The van der Waals surface area contributed by atoms with Gasteiger partial charge in [0, 0.05) is 0 Å². The molecule has 2 aliphatic rings. The molecule has 0 nitrogen and oxygen atoms in total. The minimum absolute atomic E-state index is 0.852. The van der Waals surface area contributed by atoms with Crippen LogP contribution >= 0.6 is 0 Å². The molecule has 2 atom stereocenters. The van der Waals surface area contributed by atoms with E-state index < -0.39 is 0 Å². The minimum Gasteiger partial charge on any atom is -0.0730 e. The van der Waals surface area contributed by atoms with E-state index in [0.717, 1.165) is 17.8 Å². The van der Waals surface area contributed by atoms with E-state index >= 15 is 0 Å². The summed E-state index contributed by atoms with van der Waals surface area (Å²) in [5, 5.41) is 0. The summed E-state index contributed by atoms with van der Waals surface area (Å²) < 4.78 is 0. The smallest absolute Gasteiger partial charge is 0.0129 e. The summed E-state index contributed by atoms with van der Waals surface area (Å²) >= 11 is 0. The highest BCUT2D eigenvalue weighted by molar-refractivity contribution is 5.35. The van der Waals surface area contributed by atoms with E-state index in [0.29, 0.717) is 0 Å². The molecule has 0 heteroatoms. The van der Waals surface area contributed by atoms with Gasteiger partial charge in [-0.05, 0) is 62.9 Å². The maximum Gasteiger partial charge on any atom is -0.0129 e. The highest BCUT2D eigenvalue weighted by atomic mass is 14.4. The lowest BCUT2D eigenvalue weighted by Gasteiger charge is -2.39. The molecule has 0 spiro atoms. The maximum absolute atomic E-state index is 2.48. The third kappa shape index (κ3) is 2.04. The van der Waals surface area contributed by atoms with Crippen molar-refractivity contribution in [2.75, 3.05) is 0 Å². The van der Waals surface area contributed by atoms with E-state index in [1.165, 1.54) is 25.7 Å². The summed E-state index contributed by atoms with van der Waals surface area (Å²) in [5.74, 6) is 2.67. The predicted octanol–water partition coefficient (Wildman–Crippen LogP) is 4.73. The third-order valence-corrected chi connectivity index (χ3v) is 4.37. The van der Waals surface area contributed by atoms with Crippen LogP contribution < -0.4 is 0 Å². The molecule has 0 saturated heterocycles. The lowest BCUT2D eigenvalue weighted by Crippen LogP contribution is -2.27. The Kier molecular flexibility index (Phi) is 3.04. The Labute approximate surface area is 94.5 Å². The first-order chi connectivity index (χ1) is 7.09. The van der Waals surface area contributed by atoms with Crippen molar-refractivity contribution in [3.05, 3.63) is 22.8 Å². The Bertz CT molecular complexity index is 304. The molecule has 0 saturated carbocycles. The molecular weight excluding hydrogens is 180 g/mol. The standard InChI is InChI=1S/C15H24/c1-10(2)13-8-6-12(4)15-9-11(3)5-7-14(13)15/h9-10,13-14H,5-8H2,1-4H3. The van der Waals surface area contributed by atoms with Gasteiger partial charge in [0.1, 0.15) is 0 Å². The SMILES string of the molecule is CC1=CC2=C(C)CCC(C(C)C)C2CC1. The molecule has 0 aliphatic heterocycles. The van der Waals surface area contributed by atoms with Gasteiger partial charge in [0.05, 0.1) is 0 Å². The first kappa shape index (κ1) is 11.0. The van der Waals surface area contributed by atoms with Crippen molar-refractivity contribution in [2.45, 2.75) is 53.4 Å². The van der Waals surface area contributed by atoms with Crippen molar-refractivity contribution in [1.82, 2.24) is 0 Å². The fraction of sp³-hybridized carbons (Fsp3) is 0.733. The summed E-state index contributed by atoms with van der Waals surface area (Å²) in [5.41, 5.74) is 4.95. The minimum atomic E-state index is 0.852. The normalized spacial score (nSPS) is 31.7. The fourth-order valence-corrected chi connectivity index (χ4v) is 3.39. The van der Waals surface area contributed by atoms with Crippen LogP contribution in [0.4, 0.5) is 0 Å². The van der Waals surface area contributed by atoms with Crippen LogP contribution in [0.1, 0.15) is 53.4 Å². The molecular formula is C15H24. The predicted molar refractivity (Wildman–Crippen MR) is 66.7 cm³/mol. The number of hydrogen-bond donors (Lipinski definition) is 0. The molecule has 2 unspecified atom stereocenters. The van der Waals surface area contributed by atoms with Crippen molar-refractivity contribution >= 4 is 0 Å². The van der Waals surface area contributed by atoms with Gasteiger partial charge < -0.3 is 0 Å². The van der Waals surface area contributed by atoms with Crippen LogP contribution in [0.2, 0.25) is 0 Å². The van der Waals surface area contributed by atoms with Crippen molar-refractivity contribution in [2.24, 2.45) is 17.8 Å². The van der Waals surface area contributed by atoms with Crippen LogP contribution in [0, 0.1) is 17.8 Å². The Balaban J connectivity index is 2.31. The quantitative estimate of drug-likeness (QED) is 0.579. The molecule has 0 fully saturated rings. The fourth-order valence-electron chi connectivity index (χ4n) is 3.39. The van der Waals surface area contributed by atoms with Crippen LogP contribution in [-0.4, -0.2) is 0 Å². The third-order valence-electron chi connectivity index (χ3n) is 4.37. The zero-order chi connectivity index (χ0) is 11.0. The van der Waals surface area contributed by atoms with Gasteiger partial charge >= 0.3 is 0 Å². The largest absolute Gasteiger partial charge is 0.0730 e. The van der Waals surface area contributed by atoms with E-state index in [4.69, 9.17) is 0 Å². The first-order valence-electron chi connectivity index (χ1n) is 6.46. The van der Waals surface area contributed by atoms with Crippen molar-refractivity contribution in [3.8, 4) is 0 Å². The average Bonchev–Trinajstić information content (AvgIpc) is 2.19. The van der Waals surface area contributed by atoms with Crippen LogP contribution in [0.15, 0.2) is 22.8 Å². The second-order valence-electron chi connectivity index (χ2n) is 5.82. The van der Waals surface area contributed by atoms with E-state index in [9.17, 15) is 0 Å². The molecule has 84 valence electrons. The molecule has 0 amide bonds.